The van der Waals surface area contributed by atoms with Crippen molar-refractivity contribution in [3.63, 3.8) is 0 Å². The number of carbonyl (C=O) groups is 1. The number of hydrogen-bond acceptors (Lipinski definition) is 7. The summed E-state index contributed by atoms with van der Waals surface area (Å²) < 4.78 is 11.0. The number of aliphatic hydroxyl groups is 4. The fourth-order valence-electron chi connectivity index (χ4n) is 3.62. The van der Waals surface area contributed by atoms with E-state index >= 15 is 0 Å². The predicted molar refractivity (Wildman–Crippen MR) is 94.2 cm³/mol. The molecule has 0 saturated carbocycles. The van der Waals surface area contributed by atoms with Gasteiger partial charge in [0.05, 0.1) is 12.7 Å². The predicted octanol–water partition coefficient (Wildman–Crippen LogP) is 0.453. The summed E-state index contributed by atoms with van der Waals surface area (Å²) in [5, 5.41) is 38.9. The highest BCUT2D eigenvalue weighted by molar-refractivity contribution is 5.93. The molecule has 1 aliphatic heterocycles. The minimum Gasteiger partial charge on any atom is -0.394 e. The number of allylic oxidation sites excluding steroid dienone is 3. The standard InChI is InChI=1S/C19H30O7/c1-10-7-12(21)8-19(3,4)13(10)6-5-11(2)25-18-17(24)16(23)15(22)14(9-20)26-18/h6-7,11,14-18,20,22-24H,5,8-9H2,1-4H3/b13-6+/t11?,14-,15-,16+,17-,18-/m1/s1. The molecule has 7 heteroatoms. The van der Waals surface area contributed by atoms with Crippen LogP contribution >= 0.6 is 0 Å². The first-order valence-corrected chi connectivity index (χ1v) is 8.95. The molecule has 0 aromatic carbocycles. The third-order valence-corrected chi connectivity index (χ3v) is 5.02. The fraction of sp³-hybridized carbons (Fsp3) is 0.737. The van der Waals surface area contributed by atoms with Crippen molar-refractivity contribution in [2.24, 2.45) is 5.41 Å². The van der Waals surface area contributed by atoms with Gasteiger partial charge in [0.1, 0.15) is 24.4 Å². The minimum atomic E-state index is -1.45. The van der Waals surface area contributed by atoms with Crippen LogP contribution in [0.15, 0.2) is 23.3 Å². The number of aliphatic hydroxyl groups excluding tert-OH is 4. The summed E-state index contributed by atoms with van der Waals surface area (Å²) in [4.78, 5) is 11.8. The van der Waals surface area contributed by atoms with Crippen LogP contribution in [0.3, 0.4) is 0 Å². The molecule has 1 saturated heterocycles. The van der Waals surface area contributed by atoms with Gasteiger partial charge in [0.2, 0.25) is 0 Å². The molecule has 0 aromatic heterocycles. The first-order chi connectivity index (χ1) is 12.1. The Morgan fingerprint density at radius 2 is 1.96 bits per heavy atom. The largest absolute Gasteiger partial charge is 0.394 e. The molecule has 1 fully saturated rings. The lowest BCUT2D eigenvalue weighted by molar-refractivity contribution is -0.309. The SMILES string of the molecule is CC1=CC(=O)CC(C)(C)/C1=C/CC(C)O[C@@H]1O[C@H](CO)[C@@H](O)[C@H](O)[C@H]1O. The van der Waals surface area contributed by atoms with E-state index in [1.54, 1.807) is 13.0 Å². The molecule has 1 unspecified atom stereocenters. The Hall–Kier alpha value is -1.09. The van der Waals surface area contributed by atoms with E-state index in [2.05, 4.69) is 0 Å². The molecule has 7 nitrogen and oxygen atoms in total. The van der Waals surface area contributed by atoms with Crippen LogP contribution in [0.4, 0.5) is 0 Å². The van der Waals surface area contributed by atoms with Crippen LogP contribution in [0.25, 0.3) is 0 Å². The van der Waals surface area contributed by atoms with Gasteiger partial charge in [0.15, 0.2) is 12.1 Å². The molecule has 0 spiro atoms. The third-order valence-electron chi connectivity index (χ3n) is 5.02. The summed E-state index contributed by atoms with van der Waals surface area (Å²) >= 11 is 0. The lowest BCUT2D eigenvalue weighted by atomic mass is 9.72. The maximum absolute atomic E-state index is 11.8. The molecular formula is C19H30O7. The van der Waals surface area contributed by atoms with Crippen molar-refractivity contribution in [2.75, 3.05) is 6.61 Å². The molecule has 0 aromatic rings. The second-order valence-corrected chi connectivity index (χ2v) is 7.85. The van der Waals surface area contributed by atoms with E-state index in [0.717, 1.165) is 11.1 Å². The van der Waals surface area contributed by atoms with Gasteiger partial charge in [-0.05, 0) is 42.9 Å². The zero-order valence-electron chi connectivity index (χ0n) is 15.8. The molecule has 26 heavy (non-hydrogen) atoms. The summed E-state index contributed by atoms with van der Waals surface area (Å²) in [6, 6.07) is 0. The van der Waals surface area contributed by atoms with E-state index in [4.69, 9.17) is 9.47 Å². The van der Waals surface area contributed by atoms with Gasteiger partial charge in [-0.1, -0.05) is 19.9 Å². The second kappa shape index (κ2) is 8.29. The molecule has 148 valence electrons. The Bertz CT molecular complexity index is 578. The first kappa shape index (κ1) is 21.2. The number of hydrogen-bond donors (Lipinski definition) is 4. The quantitative estimate of drug-likeness (QED) is 0.555. The topological polar surface area (TPSA) is 116 Å². The first-order valence-electron chi connectivity index (χ1n) is 8.95. The van der Waals surface area contributed by atoms with Gasteiger partial charge < -0.3 is 29.9 Å². The molecule has 0 amide bonds. The van der Waals surface area contributed by atoms with Gasteiger partial charge in [0.25, 0.3) is 0 Å². The number of rotatable bonds is 5. The summed E-state index contributed by atoms with van der Waals surface area (Å²) in [5.41, 5.74) is 1.77. The molecular weight excluding hydrogens is 340 g/mol. The maximum atomic E-state index is 11.8. The Morgan fingerprint density at radius 3 is 2.54 bits per heavy atom. The Labute approximate surface area is 153 Å². The number of carbonyl (C=O) groups excluding carboxylic acids is 1. The highest BCUT2D eigenvalue weighted by Gasteiger charge is 2.44. The average Bonchev–Trinajstić information content (AvgIpc) is 2.53. The van der Waals surface area contributed by atoms with E-state index in [1.165, 1.54) is 0 Å². The van der Waals surface area contributed by atoms with E-state index in [1.807, 2.05) is 26.8 Å². The van der Waals surface area contributed by atoms with E-state index in [-0.39, 0.29) is 17.3 Å². The van der Waals surface area contributed by atoms with Crippen LogP contribution in [0, 0.1) is 5.41 Å². The van der Waals surface area contributed by atoms with Gasteiger partial charge >= 0.3 is 0 Å². The summed E-state index contributed by atoms with van der Waals surface area (Å²) in [6.07, 6.45) is -2.09. The van der Waals surface area contributed by atoms with E-state index in [0.29, 0.717) is 12.8 Å². The summed E-state index contributed by atoms with van der Waals surface area (Å²) in [7, 11) is 0. The van der Waals surface area contributed by atoms with Crippen LogP contribution in [0.1, 0.15) is 40.5 Å². The lowest BCUT2D eigenvalue weighted by Gasteiger charge is -2.40. The minimum absolute atomic E-state index is 0.121. The summed E-state index contributed by atoms with van der Waals surface area (Å²) in [5.74, 6) is 0.121. The summed E-state index contributed by atoms with van der Waals surface area (Å²) in [6.45, 7) is 7.27. The van der Waals surface area contributed by atoms with Crippen LogP contribution in [0.5, 0.6) is 0 Å². The van der Waals surface area contributed by atoms with Crippen molar-refractivity contribution in [2.45, 2.75) is 77.3 Å². The smallest absolute Gasteiger partial charge is 0.186 e. The zero-order valence-corrected chi connectivity index (χ0v) is 15.8. The van der Waals surface area contributed by atoms with Crippen LogP contribution in [0.2, 0.25) is 0 Å². The van der Waals surface area contributed by atoms with Crippen molar-refractivity contribution < 1.29 is 34.7 Å². The average molecular weight is 370 g/mol. The third kappa shape index (κ3) is 4.60. The molecule has 4 N–H and O–H groups in total. The van der Waals surface area contributed by atoms with Crippen LogP contribution in [-0.4, -0.2) is 69.6 Å². The monoisotopic (exact) mass is 370 g/mol. The van der Waals surface area contributed by atoms with Crippen LogP contribution < -0.4 is 0 Å². The van der Waals surface area contributed by atoms with Crippen molar-refractivity contribution in [1.82, 2.24) is 0 Å². The van der Waals surface area contributed by atoms with Crippen molar-refractivity contribution in [1.29, 1.82) is 0 Å². The second-order valence-electron chi connectivity index (χ2n) is 7.85. The van der Waals surface area contributed by atoms with Crippen LogP contribution in [-0.2, 0) is 14.3 Å². The Balaban J connectivity index is 2.03. The molecule has 2 aliphatic rings. The molecule has 1 aliphatic carbocycles. The number of ketones is 1. The van der Waals surface area contributed by atoms with Crippen molar-refractivity contribution in [3.8, 4) is 0 Å². The molecule has 6 atom stereocenters. The van der Waals surface area contributed by atoms with Crippen molar-refractivity contribution in [3.05, 3.63) is 23.3 Å². The highest BCUT2D eigenvalue weighted by atomic mass is 16.7. The maximum Gasteiger partial charge on any atom is 0.186 e. The normalized spacial score (nSPS) is 37.5. The van der Waals surface area contributed by atoms with Gasteiger partial charge in [0, 0.05) is 6.42 Å². The molecule has 0 bridgehead atoms. The van der Waals surface area contributed by atoms with Crippen molar-refractivity contribution >= 4 is 5.78 Å². The number of ether oxygens (including phenoxy) is 2. The van der Waals surface area contributed by atoms with Gasteiger partial charge in [-0.15, -0.1) is 0 Å². The van der Waals surface area contributed by atoms with E-state index < -0.39 is 37.3 Å². The zero-order chi connectivity index (χ0) is 19.6. The highest BCUT2D eigenvalue weighted by Crippen LogP contribution is 2.39. The Morgan fingerprint density at radius 1 is 1.31 bits per heavy atom. The molecule has 0 radical (unpaired) electrons. The van der Waals surface area contributed by atoms with Gasteiger partial charge in [-0.3, -0.25) is 4.79 Å². The molecule has 2 rings (SSSR count). The van der Waals surface area contributed by atoms with E-state index in [9.17, 15) is 25.2 Å². The van der Waals surface area contributed by atoms with Gasteiger partial charge in [-0.25, -0.2) is 0 Å². The fourth-order valence-corrected chi connectivity index (χ4v) is 3.62. The van der Waals surface area contributed by atoms with Gasteiger partial charge in [-0.2, -0.15) is 0 Å². The lowest BCUT2D eigenvalue weighted by Crippen LogP contribution is -2.59. The Kier molecular flexibility index (Phi) is 6.76. The molecule has 1 heterocycles.